The molecule has 2 aromatic heterocycles. The minimum atomic E-state index is 0.328. The van der Waals surface area contributed by atoms with Crippen molar-refractivity contribution < 1.29 is 0 Å². The molecule has 3 nitrogen and oxygen atoms in total. The van der Waals surface area contributed by atoms with Crippen LogP contribution in [0.15, 0.2) is 24.5 Å². The number of hydrogen-bond donors (Lipinski definition) is 0. The van der Waals surface area contributed by atoms with E-state index in [9.17, 15) is 0 Å². The van der Waals surface area contributed by atoms with Crippen LogP contribution in [-0.2, 0) is 0 Å². The molecule has 0 spiro atoms. The second-order valence-electron chi connectivity index (χ2n) is 2.33. The number of nitrogens with zero attached hydrogens (tertiary/aromatic N) is 3. The molecule has 0 saturated heterocycles. The van der Waals surface area contributed by atoms with Crippen LogP contribution >= 0.6 is 23.2 Å². The van der Waals surface area contributed by atoms with E-state index in [2.05, 4.69) is 16.1 Å². The van der Waals surface area contributed by atoms with Crippen LogP contribution in [0.3, 0.4) is 0 Å². The lowest BCUT2D eigenvalue weighted by Gasteiger charge is -2.00. The highest BCUT2D eigenvalue weighted by Gasteiger charge is 2.01. The third kappa shape index (κ3) is 1.82. The van der Waals surface area contributed by atoms with E-state index in [0.29, 0.717) is 16.0 Å². The largest absolute Gasteiger partial charge is 0.222 e. The number of aromatic nitrogens is 3. The van der Waals surface area contributed by atoms with Crippen molar-refractivity contribution in [1.82, 2.24) is 14.8 Å². The van der Waals surface area contributed by atoms with Crippen LogP contribution in [0.25, 0.3) is 5.82 Å². The fourth-order valence-corrected chi connectivity index (χ4v) is 1.34. The first kappa shape index (κ1) is 8.53. The molecule has 0 unspecified atom stereocenters. The molecule has 5 heteroatoms. The molecule has 0 amide bonds. The minimum Gasteiger partial charge on any atom is -0.222 e. The highest BCUT2D eigenvalue weighted by molar-refractivity contribution is 6.33. The van der Waals surface area contributed by atoms with Crippen LogP contribution in [-0.4, -0.2) is 14.8 Å². The van der Waals surface area contributed by atoms with E-state index in [0.717, 1.165) is 0 Å². The highest BCUT2D eigenvalue weighted by Crippen LogP contribution is 2.16. The summed E-state index contributed by atoms with van der Waals surface area (Å²) in [5, 5.41) is 4.72. The van der Waals surface area contributed by atoms with Gasteiger partial charge in [0, 0.05) is 12.4 Å². The van der Waals surface area contributed by atoms with Crippen LogP contribution in [0.1, 0.15) is 0 Å². The Hall–Kier alpha value is -1.06. The molecule has 0 saturated carbocycles. The molecule has 0 bridgehead atoms. The summed E-state index contributed by atoms with van der Waals surface area (Å²) in [6, 6.07) is 6.13. The minimum absolute atomic E-state index is 0.328. The van der Waals surface area contributed by atoms with Crippen LogP contribution in [0, 0.1) is 6.07 Å². The van der Waals surface area contributed by atoms with Gasteiger partial charge in [-0.1, -0.05) is 23.2 Å². The molecule has 0 N–H and O–H groups in total. The van der Waals surface area contributed by atoms with Crippen molar-refractivity contribution in [2.75, 3.05) is 0 Å². The van der Waals surface area contributed by atoms with Crippen LogP contribution < -0.4 is 0 Å². The molecule has 2 rings (SSSR count). The summed E-state index contributed by atoms with van der Waals surface area (Å²) in [5.74, 6) is 0.488. The summed E-state index contributed by atoms with van der Waals surface area (Å²) in [6.07, 6.45) is 3.38. The monoisotopic (exact) mass is 212 g/mol. The zero-order valence-corrected chi connectivity index (χ0v) is 7.92. The molecule has 13 heavy (non-hydrogen) atoms. The Bertz CT molecular complexity index is 391. The second kappa shape index (κ2) is 3.36. The summed E-state index contributed by atoms with van der Waals surface area (Å²) in [5.41, 5.74) is 0. The van der Waals surface area contributed by atoms with Crippen molar-refractivity contribution in [3.63, 3.8) is 0 Å². The van der Waals surface area contributed by atoms with Gasteiger partial charge in [0.2, 0.25) is 0 Å². The third-order valence-electron chi connectivity index (χ3n) is 1.41. The van der Waals surface area contributed by atoms with Gasteiger partial charge in [0.15, 0.2) is 5.82 Å². The summed E-state index contributed by atoms with van der Waals surface area (Å²) >= 11 is 11.5. The van der Waals surface area contributed by atoms with Crippen LogP contribution in [0.5, 0.6) is 0 Å². The smallest absolute Gasteiger partial charge is 0.164 e. The van der Waals surface area contributed by atoms with Gasteiger partial charge in [0.25, 0.3) is 0 Å². The van der Waals surface area contributed by atoms with Crippen molar-refractivity contribution in [2.45, 2.75) is 0 Å². The molecule has 0 atom stereocenters. The fraction of sp³-hybridized carbons (Fsp3) is 0. The zero-order valence-electron chi connectivity index (χ0n) is 6.41. The molecule has 0 aliphatic rings. The van der Waals surface area contributed by atoms with Gasteiger partial charge in [-0.25, -0.2) is 9.67 Å². The van der Waals surface area contributed by atoms with Crippen molar-refractivity contribution in [3.8, 4) is 5.82 Å². The molecule has 1 radical (unpaired) electrons. The molecule has 65 valence electrons. The number of rotatable bonds is 1. The number of halogens is 2. The van der Waals surface area contributed by atoms with E-state index in [1.165, 1.54) is 10.7 Å². The topological polar surface area (TPSA) is 30.7 Å². The maximum Gasteiger partial charge on any atom is 0.164 e. The maximum absolute atomic E-state index is 5.75. The summed E-state index contributed by atoms with van der Waals surface area (Å²) in [4.78, 5) is 4.00. The van der Waals surface area contributed by atoms with E-state index in [1.54, 1.807) is 18.5 Å². The van der Waals surface area contributed by atoms with Crippen molar-refractivity contribution in [1.29, 1.82) is 0 Å². The van der Waals surface area contributed by atoms with E-state index in [4.69, 9.17) is 23.2 Å². The van der Waals surface area contributed by atoms with Gasteiger partial charge in [-0.15, -0.1) is 0 Å². The molecule has 2 heterocycles. The second-order valence-corrected chi connectivity index (χ2v) is 3.12. The van der Waals surface area contributed by atoms with Crippen molar-refractivity contribution in [3.05, 3.63) is 40.8 Å². The predicted molar refractivity (Wildman–Crippen MR) is 50.2 cm³/mol. The van der Waals surface area contributed by atoms with Crippen molar-refractivity contribution >= 4 is 23.2 Å². The SMILES string of the molecule is Clc1[c]c(-n2cccn2)nc(Cl)c1. The van der Waals surface area contributed by atoms with Gasteiger partial charge in [-0.3, -0.25) is 0 Å². The number of pyridine rings is 1. The fourth-order valence-electron chi connectivity index (χ4n) is 0.911. The molecular weight excluding hydrogens is 209 g/mol. The first-order valence-electron chi connectivity index (χ1n) is 3.51. The molecule has 0 aliphatic carbocycles. The quantitative estimate of drug-likeness (QED) is 0.680. The lowest BCUT2D eigenvalue weighted by molar-refractivity contribution is 0.845. The third-order valence-corrected chi connectivity index (χ3v) is 1.81. The summed E-state index contributed by atoms with van der Waals surface area (Å²) in [7, 11) is 0. The molecule has 0 aliphatic heterocycles. The highest BCUT2D eigenvalue weighted by atomic mass is 35.5. The van der Waals surface area contributed by atoms with Gasteiger partial charge in [-0.2, -0.15) is 5.10 Å². The Morgan fingerprint density at radius 3 is 2.85 bits per heavy atom. The molecule has 2 aromatic rings. The normalized spacial score (nSPS) is 10.3. The number of hydrogen-bond acceptors (Lipinski definition) is 2. The van der Waals surface area contributed by atoms with Gasteiger partial charge < -0.3 is 0 Å². The standard InChI is InChI=1S/C8H4Cl2N3/c9-6-4-7(10)12-8(5-6)13-3-1-2-11-13/h1-4H. The Balaban J connectivity index is 2.53. The van der Waals surface area contributed by atoms with Gasteiger partial charge in [0.05, 0.1) is 11.1 Å². The van der Waals surface area contributed by atoms with Crippen molar-refractivity contribution in [2.24, 2.45) is 0 Å². The molecule has 0 aromatic carbocycles. The maximum atomic E-state index is 5.75. The van der Waals surface area contributed by atoms with E-state index < -0.39 is 0 Å². The molecular formula is C8H4Cl2N3. The Kier molecular flexibility index (Phi) is 2.20. The first-order valence-corrected chi connectivity index (χ1v) is 4.27. The Labute approximate surface area is 84.9 Å². The van der Waals surface area contributed by atoms with Gasteiger partial charge >= 0.3 is 0 Å². The predicted octanol–water partition coefficient (Wildman–Crippen LogP) is 2.37. The van der Waals surface area contributed by atoms with E-state index in [-0.39, 0.29) is 0 Å². The van der Waals surface area contributed by atoms with Crippen LogP contribution in [0.2, 0.25) is 10.2 Å². The van der Waals surface area contributed by atoms with Gasteiger partial charge in [0.1, 0.15) is 5.15 Å². The first-order chi connectivity index (χ1) is 6.25. The lowest BCUT2D eigenvalue weighted by atomic mass is 10.4. The van der Waals surface area contributed by atoms with E-state index >= 15 is 0 Å². The average Bonchev–Trinajstić information content (AvgIpc) is 2.53. The summed E-state index contributed by atoms with van der Waals surface area (Å²) in [6.45, 7) is 0. The zero-order chi connectivity index (χ0) is 9.26. The Morgan fingerprint density at radius 2 is 2.23 bits per heavy atom. The molecule has 0 fully saturated rings. The lowest BCUT2D eigenvalue weighted by Crippen LogP contribution is -1.97. The Morgan fingerprint density at radius 1 is 1.38 bits per heavy atom. The van der Waals surface area contributed by atoms with E-state index in [1.807, 2.05) is 0 Å². The summed E-state index contributed by atoms with van der Waals surface area (Å²) < 4.78 is 1.54. The average molecular weight is 213 g/mol. The van der Waals surface area contributed by atoms with Gasteiger partial charge in [-0.05, 0) is 12.1 Å². The van der Waals surface area contributed by atoms with Crippen LogP contribution in [0.4, 0.5) is 0 Å².